The van der Waals surface area contributed by atoms with Gasteiger partial charge in [-0.05, 0) is 43.3 Å². The summed E-state index contributed by atoms with van der Waals surface area (Å²) in [5.41, 5.74) is 1.67. The van der Waals surface area contributed by atoms with E-state index in [0.717, 1.165) is 0 Å². The number of nitrogens with zero attached hydrogens (tertiary/aromatic N) is 2. The molecule has 6 nitrogen and oxygen atoms in total. The number of rotatable bonds is 8. The van der Waals surface area contributed by atoms with Gasteiger partial charge in [0.15, 0.2) is 0 Å². The third-order valence-electron chi connectivity index (χ3n) is 4.85. The highest BCUT2D eigenvalue weighted by atomic mass is 35.5. The summed E-state index contributed by atoms with van der Waals surface area (Å²) >= 11 is 6.00. The van der Waals surface area contributed by atoms with E-state index in [1.807, 2.05) is 36.4 Å². The molecule has 0 amide bonds. The average Bonchev–Trinajstić information content (AvgIpc) is 3.18. The van der Waals surface area contributed by atoms with Crippen molar-refractivity contribution in [2.45, 2.75) is 13.3 Å². The number of carbonyl (C=O) groups excluding carboxylic acids is 2. The second kappa shape index (κ2) is 10.1. The van der Waals surface area contributed by atoms with E-state index in [-0.39, 0.29) is 30.5 Å². The van der Waals surface area contributed by atoms with E-state index < -0.39 is 5.97 Å². The van der Waals surface area contributed by atoms with E-state index in [4.69, 9.17) is 21.1 Å². The van der Waals surface area contributed by atoms with Crippen molar-refractivity contribution in [2.24, 2.45) is 0 Å². The molecule has 33 heavy (non-hydrogen) atoms. The van der Waals surface area contributed by atoms with Crippen molar-refractivity contribution < 1.29 is 19.1 Å². The molecule has 0 atom stereocenters. The van der Waals surface area contributed by atoms with Gasteiger partial charge in [-0.1, -0.05) is 60.1 Å². The van der Waals surface area contributed by atoms with E-state index >= 15 is 0 Å². The number of ether oxygens (including phenoxy) is 2. The Morgan fingerprint density at radius 3 is 2.18 bits per heavy atom. The first-order valence-corrected chi connectivity index (χ1v) is 10.8. The van der Waals surface area contributed by atoms with Gasteiger partial charge in [0.25, 0.3) is 0 Å². The van der Waals surface area contributed by atoms with Crippen LogP contribution in [0, 0.1) is 0 Å². The highest BCUT2D eigenvalue weighted by Gasteiger charge is 2.27. The van der Waals surface area contributed by atoms with Crippen LogP contribution in [0.5, 0.6) is 11.8 Å². The molecule has 0 aliphatic carbocycles. The Morgan fingerprint density at radius 2 is 1.55 bits per heavy atom. The van der Waals surface area contributed by atoms with Crippen LogP contribution in [-0.4, -0.2) is 27.9 Å². The van der Waals surface area contributed by atoms with Gasteiger partial charge in [-0.15, -0.1) is 0 Å². The lowest BCUT2D eigenvalue weighted by Gasteiger charge is -2.12. The van der Waals surface area contributed by atoms with E-state index in [1.54, 1.807) is 60.0 Å². The summed E-state index contributed by atoms with van der Waals surface area (Å²) in [6, 6.07) is 25.0. The number of hydrogen-bond acceptors (Lipinski definition) is 5. The standard InChI is InChI=1S/C26H21ClN2O4/c1-2-32-23(30)17-22-24(25(31)18-9-5-3-6-10-18)28-26(29(22)20-11-7-4-8-12-20)33-21-15-13-19(27)14-16-21/h3-16H,2,17H2,1H3. The summed E-state index contributed by atoms with van der Waals surface area (Å²) in [6.07, 6.45) is -0.145. The second-order valence-electron chi connectivity index (χ2n) is 7.09. The van der Waals surface area contributed by atoms with Gasteiger partial charge in [-0.25, -0.2) is 0 Å². The van der Waals surface area contributed by atoms with E-state index in [2.05, 4.69) is 4.98 Å². The zero-order chi connectivity index (χ0) is 23.2. The molecule has 1 heterocycles. The minimum absolute atomic E-state index is 0.127. The maximum absolute atomic E-state index is 13.4. The molecule has 0 radical (unpaired) electrons. The third kappa shape index (κ3) is 5.13. The normalized spacial score (nSPS) is 10.6. The van der Waals surface area contributed by atoms with E-state index in [1.165, 1.54) is 0 Å². The van der Waals surface area contributed by atoms with Crippen LogP contribution < -0.4 is 4.74 Å². The van der Waals surface area contributed by atoms with Crippen LogP contribution in [0.15, 0.2) is 84.9 Å². The Kier molecular flexibility index (Phi) is 6.86. The van der Waals surface area contributed by atoms with Gasteiger partial charge >= 0.3 is 12.0 Å². The van der Waals surface area contributed by atoms with Gasteiger partial charge in [0.2, 0.25) is 5.78 Å². The molecule has 0 spiro atoms. The van der Waals surface area contributed by atoms with Crippen LogP contribution in [-0.2, 0) is 16.0 Å². The van der Waals surface area contributed by atoms with Gasteiger partial charge < -0.3 is 9.47 Å². The Hall–Kier alpha value is -3.90. The molecule has 4 aromatic rings. The monoisotopic (exact) mass is 460 g/mol. The topological polar surface area (TPSA) is 70.4 Å². The van der Waals surface area contributed by atoms with Crippen LogP contribution in [0.25, 0.3) is 5.69 Å². The first kappa shape index (κ1) is 22.3. The molecular weight excluding hydrogens is 440 g/mol. The fourth-order valence-electron chi connectivity index (χ4n) is 3.37. The highest BCUT2D eigenvalue weighted by Crippen LogP contribution is 2.30. The van der Waals surface area contributed by atoms with Gasteiger partial charge in [0.05, 0.1) is 24.4 Å². The minimum atomic E-state index is -0.463. The number of carbonyl (C=O) groups is 2. The van der Waals surface area contributed by atoms with Gasteiger partial charge in [0.1, 0.15) is 11.4 Å². The maximum atomic E-state index is 13.4. The smallest absolute Gasteiger partial charge is 0.311 e. The van der Waals surface area contributed by atoms with E-state index in [0.29, 0.717) is 27.7 Å². The molecule has 0 saturated heterocycles. The molecule has 1 aromatic heterocycles. The number of aromatic nitrogens is 2. The largest absolute Gasteiger partial charge is 0.466 e. The predicted molar refractivity (Wildman–Crippen MR) is 125 cm³/mol. The number of ketones is 1. The van der Waals surface area contributed by atoms with Gasteiger partial charge in [-0.2, -0.15) is 4.98 Å². The first-order chi connectivity index (χ1) is 16.1. The molecule has 3 aromatic carbocycles. The molecule has 0 bridgehead atoms. The van der Waals surface area contributed by atoms with Crippen molar-refractivity contribution in [3.8, 4) is 17.4 Å². The average molecular weight is 461 g/mol. The number of hydrogen-bond donors (Lipinski definition) is 0. The molecule has 0 N–H and O–H groups in total. The molecule has 166 valence electrons. The molecule has 0 aliphatic heterocycles. The summed E-state index contributed by atoms with van der Waals surface area (Å²) < 4.78 is 12.9. The first-order valence-electron chi connectivity index (χ1n) is 10.4. The van der Waals surface area contributed by atoms with Crippen molar-refractivity contribution in [3.05, 3.63) is 107 Å². The summed E-state index contributed by atoms with van der Waals surface area (Å²) in [5.74, 6) is -0.289. The van der Waals surface area contributed by atoms with Crippen molar-refractivity contribution in [1.82, 2.24) is 9.55 Å². The van der Waals surface area contributed by atoms with Crippen LogP contribution in [0.4, 0.5) is 0 Å². The molecular formula is C26H21ClN2O4. The fourth-order valence-corrected chi connectivity index (χ4v) is 3.50. The summed E-state index contributed by atoms with van der Waals surface area (Å²) in [6.45, 7) is 1.96. The second-order valence-corrected chi connectivity index (χ2v) is 7.53. The molecule has 0 saturated carbocycles. The quantitative estimate of drug-likeness (QED) is 0.251. The van der Waals surface area contributed by atoms with Gasteiger partial charge in [-0.3, -0.25) is 14.2 Å². The van der Waals surface area contributed by atoms with Crippen LogP contribution in [0.2, 0.25) is 5.02 Å². The summed E-state index contributed by atoms with van der Waals surface area (Å²) in [7, 11) is 0. The maximum Gasteiger partial charge on any atom is 0.311 e. The van der Waals surface area contributed by atoms with Crippen molar-refractivity contribution in [1.29, 1.82) is 0 Å². The molecule has 7 heteroatoms. The highest BCUT2D eigenvalue weighted by molar-refractivity contribution is 6.30. The minimum Gasteiger partial charge on any atom is -0.466 e. The third-order valence-corrected chi connectivity index (χ3v) is 5.10. The van der Waals surface area contributed by atoms with Crippen molar-refractivity contribution in [3.63, 3.8) is 0 Å². The van der Waals surface area contributed by atoms with E-state index in [9.17, 15) is 9.59 Å². The number of halogens is 1. The van der Waals surface area contributed by atoms with Crippen molar-refractivity contribution in [2.75, 3.05) is 6.61 Å². The Balaban J connectivity index is 1.89. The number of imidazole rings is 1. The van der Waals surface area contributed by atoms with Gasteiger partial charge in [0, 0.05) is 10.6 Å². The SMILES string of the molecule is CCOC(=O)Cc1c(C(=O)c2ccccc2)nc(Oc2ccc(Cl)cc2)n1-c1ccccc1. The Labute approximate surface area is 196 Å². The number of para-hydroxylation sites is 1. The molecule has 0 unspecified atom stereocenters. The van der Waals surface area contributed by atoms with Crippen molar-refractivity contribution >= 4 is 23.4 Å². The zero-order valence-electron chi connectivity index (χ0n) is 17.9. The lowest BCUT2D eigenvalue weighted by molar-refractivity contribution is -0.142. The molecule has 0 fully saturated rings. The fraction of sp³-hybridized carbons (Fsp3) is 0.115. The van der Waals surface area contributed by atoms with Crippen LogP contribution >= 0.6 is 11.6 Å². The molecule has 0 aliphatic rings. The van der Waals surface area contributed by atoms with Crippen LogP contribution in [0.1, 0.15) is 28.7 Å². The summed E-state index contributed by atoms with van der Waals surface area (Å²) in [4.78, 5) is 30.4. The summed E-state index contributed by atoms with van der Waals surface area (Å²) in [5, 5.41) is 0.566. The lowest BCUT2D eigenvalue weighted by Crippen LogP contribution is -2.15. The lowest BCUT2D eigenvalue weighted by atomic mass is 10.1. The Morgan fingerprint density at radius 1 is 0.909 bits per heavy atom. The molecule has 4 rings (SSSR count). The predicted octanol–water partition coefficient (Wildman–Crippen LogP) is 5.65. The number of esters is 1. The Bertz CT molecular complexity index is 1250. The number of benzene rings is 3. The van der Waals surface area contributed by atoms with Crippen LogP contribution in [0.3, 0.4) is 0 Å². The zero-order valence-corrected chi connectivity index (χ0v) is 18.7.